The van der Waals surface area contributed by atoms with Gasteiger partial charge in [0, 0.05) is 13.7 Å². The van der Waals surface area contributed by atoms with Gasteiger partial charge in [-0.1, -0.05) is 0 Å². The van der Waals surface area contributed by atoms with Crippen LogP contribution in [0.1, 0.15) is 19.3 Å². The van der Waals surface area contributed by atoms with Crippen LogP contribution in [0.15, 0.2) is 11.1 Å². The lowest BCUT2D eigenvalue weighted by Gasteiger charge is -2.40. The summed E-state index contributed by atoms with van der Waals surface area (Å²) in [5, 5.41) is 3.07. The molecule has 1 aliphatic rings. The number of aromatic nitrogens is 2. The Morgan fingerprint density at radius 2 is 2.44 bits per heavy atom. The summed E-state index contributed by atoms with van der Waals surface area (Å²) in [6, 6.07) is 0. The maximum atomic E-state index is 11.2. The maximum absolute atomic E-state index is 11.2. The summed E-state index contributed by atoms with van der Waals surface area (Å²) in [7, 11) is 1.70. The molecule has 0 bridgehead atoms. The predicted octanol–water partition coefficient (Wildman–Crippen LogP) is 0.333. The first-order chi connectivity index (χ1) is 7.67. The Balaban J connectivity index is 2.04. The summed E-state index contributed by atoms with van der Waals surface area (Å²) in [4.78, 5) is 17.6. The Morgan fingerprint density at radius 3 is 3.00 bits per heavy atom. The molecule has 4 N–H and O–H groups in total. The summed E-state index contributed by atoms with van der Waals surface area (Å²) in [6.07, 6.45) is 4.56. The van der Waals surface area contributed by atoms with Crippen LogP contribution in [0.5, 0.6) is 0 Å². The van der Waals surface area contributed by atoms with Crippen molar-refractivity contribution in [2.45, 2.75) is 24.9 Å². The average Bonchev–Trinajstić information content (AvgIpc) is 2.23. The average molecular weight is 224 g/mol. The number of H-pyrrole nitrogens is 1. The molecule has 0 atom stereocenters. The first kappa shape index (κ1) is 10.9. The van der Waals surface area contributed by atoms with Gasteiger partial charge in [-0.15, -0.1) is 0 Å². The Kier molecular flexibility index (Phi) is 2.82. The van der Waals surface area contributed by atoms with Crippen LogP contribution in [-0.4, -0.2) is 29.2 Å². The van der Waals surface area contributed by atoms with Crippen molar-refractivity contribution >= 4 is 11.5 Å². The molecular weight excluding hydrogens is 208 g/mol. The van der Waals surface area contributed by atoms with Gasteiger partial charge in [0.1, 0.15) is 5.69 Å². The molecule has 88 valence electrons. The molecule has 1 aliphatic carbocycles. The number of ether oxygens (including phenoxy) is 1. The first-order valence-corrected chi connectivity index (χ1v) is 5.29. The Bertz CT molecular complexity index is 420. The number of nitrogens with zero attached hydrogens (tertiary/aromatic N) is 1. The van der Waals surface area contributed by atoms with Crippen molar-refractivity contribution in [3.05, 3.63) is 16.7 Å². The van der Waals surface area contributed by atoms with Crippen molar-refractivity contribution in [3.8, 4) is 0 Å². The van der Waals surface area contributed by atoms with Crippen LogP contribution >= 0.6 is 0 Å². The van der Waals surface area contributed by atoms with Crippen molar-refractivity contribution in [3.63, 3.8) is 0 Å². The highest BCUT2D eigenvalue weighted by molar-refractivity contribution is 5.59. The third-order valence-electron chi connectivity index (χ3n) is 3.16. The van der Waals surface area contributed by atoms with E-state index in [2.05, 4.69) is 15.3 Å². The lowest BCUT2D eigenvalue weighted by molar-refractivity contribution is -0.0601. The lowest BCUT2D eigenvalue weighted by Crippen LogP contribution is -2.45. The van der Waals surface area contributed by atoms with Crippen LogP contribution in [0.25, 0.3) is 0 Å². The van der Waals surface area contributed by atoms with E-state index < -0.39 is 0 Å². The van der Waals surface area contributed by atoms with Crippen LogP contribution in [0.2, 0.25) is 0 Å². The Labute approximate surface area is 93.2 Å². The zero-order chi connectivity index (χ0) is 11.6. The van der Waals surface area contributed by atoms with E-state index in [0.717, 1.165) is 12.8 Å². The molecule has 16 heavy (non-hydrogen) atoms. The van der Waals surface area contributed by atoms with E-state index in [-0.39, 0.29) is 16.8 Å². The zero-order valence-corrected chi connectivity index (χ0v) is 9.25. The number of nitrogens with two attached hydrogens (primary N) is 1. The van der Waals surface area contributed by atoms with Crippen molar-refractivity contribution in [1.29, 1.82) is 0 Å². The molecule has 1 fully saturated rings. The molecular formula is C10H16N4O2. The standard InChI is InChI=1S/C10H16N4O2/c1-16-10(3-2-4-10)5-12-8-7(11)9(15)14-6-13-8/h6H,2-5,11H2,1H3,(H2,12,13,14,15). The molecule has 0 radical (unpaired) electrons. The summed E-state index contributed by atoms with van der Waals surface area (Å²) in [6.45, 7) is 0.629. The predicted molar refractivity (Wildman–Crippen MR) is 61.4 cm³/mol. The van der Waals surface area contributed by atoms with Gasteiger partial charge in [0.15, 0.2) is 5.82 Å². The molecule has 1 aromatic heterocycles. The molecule has 0 aliphatic heterocycles. The molecule has 1 aromatic rings. The van der Waals surface area contributed by atoms with E-state index in [1.807, 2.05) is 0 Å². The number of hydrogen-bond acceptors (Lipinski definition) is 5. The summed E-state index contributed by atoms with van der Waals surface area (Å²) < 4.78 is 5.45. The number of nitrogen functional groups attached to an aromatic ring is 1. The van der Waals surface area contributed by atoms with Gasteiger partial charge in [-0.3, -0.25) is 4.79 Å². The molecule has 1 heterocycles. The smallest absolute Gasteiger partial charge is 0.276 e. The van der Waals surface area contributed by atoms with Crippen LogP contribution in [0, 0.1) is 0 Å². The minimum atomic E-state index is -0.322. The van der Waals surface area contributed by atoms with Crippen LogP contribution in [0.3, 0.4) is 0 Å². The first-order valence-electron chi connectivity index (χ1n) is 5.29. The van der Waals surface area contributed by atoms with Crippen LogP contribution in [0.4, 0.5) is 11.5 Å². The molecule has 2 rings (SSSR count). The molecule has 1 saturated carbocycles. The minimum absolute atomic E-state index is 0.114. The van der Waals surface area contributed by atoms with Crippen molar-refractivity contribution < 1.29 is 4.74 Å². The third-order valence-corrected chi connectivity index (χ3v) is 3.16. The third kappa shape index (κ3) is 1.88. The van der Waals surface area contributed by atoms with Gasteiger partial charge in [-0.25, -0.2) is 4.98 Å². The van der Waals surface area contributed by atoms with E-state index in [1.54, 1.807) is 7.11 Å². The normalized spacial score (nSPS) is 17.8. The van der Waals surface area contributed by atoms with Gasteiger partial charge in [0.25, 0.3) is 5.56 Å². The van der Waals surface area contributed by atoms with Crippen LogP contribution in [-0.2, 0) is 4.74 Å². The Hall–Kier alpha value is -1.56. The molecule has 6 heteroatoms. The lowest BCUT2D eigenvalue weighted by atomic mass is 9.80. The monoisotopic (exact) mass is 224 g/mol. The van der Waals surface area contributed by atoms with Gasteiger partial charge in [0.2, 0.25) is 0 Å². The number of nitrogens with one attached hydrogen (secondary N) is 2. The molecule has 6 nitrogen and oxygen atoms in total. The fraction of sp³-hybridized carbons (Fsp3) is 0.600. The van der Waals surface area contributed by atoms with Crippen molar-refractivity contribution in [2.75, 3.05) is 24.7 Å². The molecule has 0 unspecified atom stereocenters. The van der Waals surface area contributed by atoms with E-state index in [4.69, 9.17) is 10.5 Å². The SMILES string of the molecule is COC1(CNc2nc[nH]c(=O)c2N)CCC1. The fourth-order valence-electron chi connectivity index (χ4n) is 1.82. The molecule has 0 spiro atoms. The van der Waals surface area contributed by atoms with Crippen LogP contribution < -0.4 is 16.6 Å². The second kappa shape index (κ2) is 4.13. The molecule has 0 aromatic carbocycles. The highest BCUT2D eigenvalue weighted by Gasteiger charge is 2.36. The largest absolute Gasteiger partial charge is 0.391 e. The Morgan fingerprint density at radius 1 is 1.69 bits per heavy atom. The number of aromatic amines is 1. The maximum Gasteiger partial charge on any atom is 0.276 e. The van der Waals surface area contributed by atoms with Gasteiger partial charge in [0.05, 0.1) is 11.9 Å². The van der Waals surface area contributed by atoms with E-state index in [9.17, 15) is 4.79 Å². The number of methoxy groups -OCH3 is 1. The highest BCUT2D eigenvalue weighted by Crippen LogP contribution is 2.35. The quantitative estimate of drug-likeness (QED) is 0.685. The van der Waals surface area contributed by atoms with Crippen molar-refractivity contribution in [1.82, 2.24) is 9.97 Å². The van der Waals surface area contributed by atoms with E-state index in [1.165, 1.54) is 12.7 Å². The zero-order valence-electron chi connectivity index (χ0n) is 9.25. The van der Waals surface area contributed by atoms with Gasteiger partial charge in [-0.2, -0.15) is 0 Å². The van der Waals surface area contributed by atoms with Gasteiger partial charge >= 0.3 is 0 Å². The fourth-order valence-corrected chi connectivity index (χ4v) is 1.82. The molecule has 0 amide bonds. The molecule has 0 saturated heterocycles. The second-order valence-corrected chi connectivity index (χ2v) is 4.09. The number of hydrogen-bond donors (Lipinski definition) is 3. The number of anilines is 2. The van der Waals surface area contributed by atoms with Gasteiger partial charge < -0.3 is 20.8 Å². The van der Waals surface area contributed by atoms with E-state index in [0.29, 0.717) is 12.4 Å². The number of rotatable bonds is 4. The van der Waals surface area contributed by atoms with Gasteiger partial charge in [-0.05, 0) is 19.3 Å². The topological polar surface area (TPSA) is 93.0 Å². The van der Waals surface area contributed by atoms with E-state index >= 15 is 0 Å². The van der Waals surface area contributed by atoms with Crippen molar-refractivity contribution in [2.24, 2.45) is 0 Å². The minimum Gasteiger partial charge on any atom is -0.391 e. The summed E-state index contributed by atoms with van der Waals surface area (Å²) in [5.74, 6) is 0.423. The highest BCUT2D eigenvalue weighted by atomic mass is 16.5. The summed E-state index contributed by atoms with van der Waals surface area (Å²) in [5.41, 5.74) is 5.29. The summed E-state index contributed by atoms with van der Waals surface area (Å²) >= 11 is 0. The second-order valence-electron chi connectivity index (χ2n) is 4.09.